The van der Waals surface area contributed by atoms with Crippen LogP contribution in [0.5, 0.6) is 0 Å². The van der Waals surface area contributed by atoms with Gasteiger partial charge in [0, 0.05) is 29.8 Å². The third-order valence-corrected chi connectivity index (χ3v) is 2.62. The van der Waals surface area contributed by atoms with E-state index in [1.165, 1.54) is 12.3 Å². The fourth-order valence-electron chi connectivity index (χ4n) is 1.75. The van der Waals surface area contributed by atoms with Crippen LogP contribution in [-0.4, -0.2) is 16.9 Å². The van der Waals surface area contributed by atoms with Gasteiger partial charge in [0.15, 0.2) is 5.78 Å². The van der Waals surface area contributed by atoms with Gasteiger partial charge in [0.25, 0.3) is 0 Å². The molecule has 0 unspecified atom stereocenters. The van der Waals surface area contributed by atoms with Crippen LogP contribution in [0.3, 0.4) is 0 Å². The van der Waals surface area contributed by atoms with Gasteiger partial charge in [0.05, 0.1) is 6.42 Å². The maximum Gasteiger partial charge on any atom is 0.389 e. The van der Waals surface area contributed by atoms with E-state index in [4.69, 9.17) is 0 Å². The number of hydrogen-bond donors (Lipinski definition) is 0. The van der Waals surface area contributed by atoms with Crippen molar-refractivity contribution in [1.29, 1.82) is 0 Å². The summed E-state index contributed by atoms with van der Waals surface area (Å²) in [7, 11) is 0. The molecule has 0 saturated heterocycles. The van der Waals surface area contributed by atoms with E-state index in [0.29, 0.717) is 10.9 Å². The molecule has 0 atom stereocenters. The molecule has 0 N–H and O–H groups in total. The maximum absolute atomic E-state index is 12.1. The van der Waals surface area contributed by atoms with Gasteiger partial charge < -0.3 is 0 Å². The summed E-state index contributed by atoms with van der Waals surface area (Å²) in [5.74, 6) is -0.508. The first kappa shape index (κ1) is 12.5. The third-order valence-electron chi connectivity index (χ3n) is 2.62. The molecule has 0 fully saturated rings. The zero-order valence-corrected chi connectivity index (χ0v) is 9.37. The number of fused-ring (bicyclic) bond motifs is 1. The van der Waals surface area contributed by atoms with Crippen LogP contribution < -0.4 is 0 Å². The summed E-state index contributed by atoms with van der Waals surface area (Å²) in [6.07, 6.45) is -2.86. The molecule has 0 bridgehead atoms. The summed E-state index contributed by atoms with van der Waals surface area (Å²) in [5.41, 5.74) is 0.296. The highest BCUT2D eigenvalue weighted by Gasteiger charge is 2.28. The Balaban J connectivity index is 2.28. The van der Waals surface area contributed by atoms with Crippen molar-refractivity contribution in [2.24, 2.45) is 0 Å². The van der Waals surface area contributed by atoms with Crippen LogP contribution in [0.4, 0.5) is 13.2 Å². The van der Waals surface area contributed by atoms with Gasteiger partial charge in [-0.3, -0.25) is 9.78 Å². The highest BCUT2D eigenvalue weighted by atomic mass is 19.4. The number of hydrogen-bond acceptors (Lipinski definition) is 2. The van der Waals surface area contributed by atoms with Gasteiger partial charge in [-0.1, -0.05) is 18.2 Å². The molecule has 94 valence electrons. The van der Waals surface area contributed by atoms with Gasteiger partial charge in [-0.05, 0) is 11.5 Å². The number of aromatic nitrogens is 1. The molecule has 2 rings (SSSR count). The van der Waals surface area contributed by atoms with Crippen LogP contribution in [0.25, 0.3) is 10.8 Å². The SMILES string of the molecule is O=C(CCC(F)(F)F)c1cccc2ccncc12. The number of benzene rings is 1. The Kier molecular flexibility index (Phi) is 3.32. The molecule has 0 aliphatic carbocycles. The molecule has 0 aliphatic heterocycles. The Morgan fingerprint density at radius 3 is 2.72 bits per heavy atom. The number of rotatable bonds is 3. The Labute approximate surface area is 101 Å². The van der Waals surface area contributed by atoms with Crippen molar-refractivity contribution >= 4 is 16.6 Å². The van der Waals surface area contributed by atoms with Crippen molar-refractivity contribution in [3.05, 3.63) is 42.2 Å². The lowest BCUT2D eigenvalue weighted by molar-refractivity contribution is -0.133. The van der Waals surface area contributed by atoms with Gasteiger partial charge >= 0.3 is 6.18 Å². The number of carbonyl (C=O) groups excluding carboxylic acids is 1. The van der Waals surface area contributed by atoms with E-state index in [1.807, 2.05) is 0 Å². The third kappa shape index (κ3) is 2.85. The summed E-state index contributed by atoms with van der Waals surface area (Å²) in [5, 5.41) is 1.38. The molecule has 1 heterocycles. The molecule has 0 saturated carbocycles. The van der Waals surface area contributed by atoms with Crippen LogP contribution in [0.2, 0.25) is 0 Å². The number of pyridine rings is 1. The average molecular weight is 253 g/mol. The number of ketones is 1. The monoisotopic (exact) mass is 253 g/mol. The van der Waals surface area contributed by atoms with Gasteiger partial charge in [-0.15, -0.1) is 0 Å². The molecule has 0 amide bonds. The van der Waals surface area contributed by atoms with E-state index in [0.717, 1.165) is 5.39 Å². The summed E-state index contributed by atoms with van der Waals surface area (Å²) in [6.45, 7) is 0. The lowest BCUT2D eigenvalue weighted by atomic mass is 10.0. The fraction of sp³-hybridized carbons (Fsp3) is 0.231. The van der Waals surface area contributed by atoms with E-state index in [9.17, 15) is 18.0 Å². The van der Waals surface area contributed by atoms with Gasteiger partial charge in [0.2, 0.25) is 0 Å². The molecule has 0 aliphatic rings. The minimum Gasteiger partial charge on any atom is -0.294 e. The zero-order valence-electron chi connectivity index (χ0n) is 9.37. The minimum atomic E-state index is -4.31. The van der Waals surface area contributed by atoms with E-state index in [-0.39, 0.29) is 0 Å². The smallest absolute Gasteiger partial charge is 0.294 e. The van der Waals surface area contributed by atoms with E-state index in [2.05, 4.69) is 4.98 Å². The predicted octanol–water partition coefficient (Wildman–Crippen LogP) is 3.76. The van der Waals surface area contributed by atoms with Crippen molar-refractivity contribution in [3.63, 3.8) is 0 Å². The first-order chi connectivity index (χ1) is 8.47. The van der Waals surface area contributed by atoms with E-state index < -0.39 is 24.8 Å². The molecular weight excluding hydrogens is 243 g/mol. The maximum atomic E-state index is 12.1. The Bertz CT molecular complexity index is 572. The van der Waals surface area contributed by atoms with Crippen LogP contribution in [0, 0.1) is 0 Å². The quantitative estimate of drug-likeness (QED) is 0.779. The van der Waals surface area contributed by atoms with Crippen molar-refractivity contribution in [2.75, 3.05) is 0 Å². The molecular formula is C13H10F3NO. The number of halogens is 3. The van der Waals surface area contributed by atoms with E-state index in [1.54, 1.807) is 24.4 Å². The molecule has 5 heteroatoms. The molecule has 18 heavy (non-hydrogen) atoms. The fourth-order valence-corrected chi connectivity index (χ4v) is 1.75. The first-order valence-electron chi connectivity index (χ1n) is 5.40. The second-order valence-corrected chi connectivity index (χ2v) is 3.94. The Morgan fingerprint density at radius 2 is 2.00 bits per heavy atom. The number of Topliss-reactive ketones (excluding diaryl/α,β-unsaturated/α-hetero) is 1. The van der Waals surface area contributed by atoms with Crippen LogP contribution in [0.1, 0.15) is 23.2 Å². The molecule has 2 aromatic rings. The Hall–Kier alpha value is -1.91. The molecule has 1 aromatic carbocycles. The summed E-state index contributed by atoms with van der Waals surface area (Å²) in [6, 6.07) is 6.69. The van der Waals surface area contributed by atoms with Crippen molar-refractivity contribution in [2.45, 2.75) is 19.0 Å². The lowest BCUT2D eigenvalue weighted by Crippen LogP contribution is -2.11. The second kappa shape index (κ2) is 4.76. The molecule has 0 spiro atoms. The second-order valence-electron chi connectivity index (χ2n) is 3.94. The lowest BCUT2D eigenvalue weighted by Gasteiger charge is -2.07. The standard InChI is InChI=1S/C13H10F3NO/c14-13(15,16)6-4-12(18)10-3-1-2-9-5-7-17-8-11(9)10/h1-3,5,7-8H,4,6H2. The van der Waals surface area contributed by atoms with Crippen molar-refractivity contribution < 1.29 is 18.0 Å². The van der Waals surface area contributed by atoms with E-state index >= 15 is 0 Å². The number of nitrogens with zero attached hydrogens (tertiary/aromatic N) is 1. The minimum absolute atomic E-state index is 0.296. The highest BCUT2D eigenvalue weighted by molar-refractivity contribution is 6.07. The summed E-state index contributed by atoms with van der Waals surface area (Å²) < 4.78 is 36.2. The summed E-state index contributed by atoms with van der Waals surface area (Å²) >= 11 is 0. The van der Waals surface area contributed by atoms with Crippen molar-refractivity contribution in [1.82, 2.24) is 4.98 Å². The summed E-state index contributed by atoms with van der Waals surface area (Å²) in [4.78, 5) is 15.7. The van der Waals surface area contributed by atoms with Crippen LogP contribution in [-0.2, 0) is 0 Å². The molecule has 2 nitrogen and oxygen atoms in total. The zero-order chi connectivity index (χ0) is 13.2. The topological polar surface area (TPSA) is 30.0 Å². The average Bonchev–Trinajstić information content (AvgIpc) is 2.34. The first-order valence-corrected chi connectivity index (χ1v) is 5.40. The Morgan fingerprint density at radius 1 is 1.22 bits per heavy atom. The molecule has 0 radical (unpaired) electrons. The van der Waals surface area contributed by atoms with Gasteiger partial charge in [-0.2, -0.15) is 13.2 Å². The van der Waals surface area contributed by atoms with Crippen LogP contribution in [0.15, 0.2) is 36.7 Å². The largest absolute Gasteiger partial charge is 0.389 e. The normalized spacial score (nSPS) is 11.7. The molecule has 1 aromatic heterocycles. The van der Waals surface area contributed by atoms with Crippen LogP contribution >= 0.6 is 0 Å². The predicted molar refractivity (Wildman–Crippen MR) is 61.4 cm³/mol. The van der Waals surface area contributed by atoms with Crippen molar-refractivity contribution in [3.8, 4) is 0 Å². The number of carbonyl (C=O) groups is 1. The number of alkyl halides is 3. The van der Waals surface area contributed by atoms with Gasteiger partial charge in [-0.25, -0.2) is 0 Å². The van der Waals surface area contributed by atoms with Gasteiger partial charge in [0.1, 0.15) is 0 Å². The highest BCUT2D eigenvalue weighted by Crippen LogP contribution is 2.24.